The van der Waals surface area contributed by atoms with Crippen molar-refractivity contribution in [3.63, 3.8) is 0 Å². The first-order valence-electron chi connectivity index (χ1n) is 10.7. The minimum Gasteiger partial charge on any atom is -0.322 e. The van der Waals surface area contributed by atoms with Gasteiger partial charge in [-0.1, -0.05) is 63.2 Å². The van der Waals surface area contributed by atoms with Crippen molar-refractivity contribution in [1.29, 1.82) is 0 Å². The van der Waals surface area contributed by atoms with Crippen LogP contribution >= 0.6 is 0 Å². The van der Waals surface area contributed by atoms with Crippen molar-refractivity contribution >= 4 is 22.5 Å². The number of pyridine rings is 1. The third-order valence-electron chi connectivity index (χ3n) is 5.77. The number of benzene rings is 2. The van der Waals surface area contributed by atoms with Crippen LogP contribution in [0.4, 0.5) is 5.69 Å². The zero-order chi connectivity index (χ0) is 23.0. The first-order valence-corrected chi connectivity index (χ1v) is 10.7. The third kappa shape index (κ3) is 4.21. The molecule has 6 heteroatoms. The summed E-state index contributed by atoms with van der Waals surface area (Å²) in [5.41, 5.74) is 5.47. The zero-order valence-corrected chi connectivity index (χ0v) is 19.1. The summed E-state index contributed by atoms with van der Waals surface area (Å²) in [5.74, 6) is -0.326. The summed E-state index contributed by atoms with van der Waals surface area (Å²) in [7, 11) is 0. The van der Waals surface area contributed by atoms with E-state index in [1.807, 2.05) is 36.7 Å². The van der Waals surface area contributed by atoms with Crippen LogP contribution in [0, 0.1) is 13.8 Å². The van der Waals surface area contributed by atoms with Gasteiger partial charge in [0.05, 0.1) is 29.2 Å². The number of H-pyrrole nitrogens is 1. The topological polar surface area (TPSA) is 79.8 Å². The molecule has 0 unspecified atom stereocenters. The Morgan fingerprint density at radius 3 is 2.44 bits per heavy atom. The second-order valence-corrected chi connectivity index (χ2v) is 9.20. The number of rotatable bonds is 4. The normalized spacial score (nSPS) is 11.7. The molecule has 0 saturated carbocycles. The van der Waals surface area contributed by atoms with Crippen LogP contribution < -0.4 is 10.9 Å². The lowest BCUT2D eigenvalue weighted by Gasteiger charge is -2.19. The van der Waals surface area contributed by atoms with E-state index in [4.69, 9.17) is 0 Å². The molecule has 164 valence electrons. The fraction of sp³-hybridized carbons (Fsp3) is 0.269. The van der Waals surface area contributed by atoms with Crippen molar-refractivity contribution in [2.24, 2.45) is 0 Å². The molecule has 0 spiro atoms. The molecule has 0 aliphatic heterocycles. The number of amides is 1. The molecule has 0 atom stereocenters. The number of carbonyl (C=O) groups excluding carboxylic acids is 1. The van der Waals surface area contributed by atoms with Gasteiger partial charge in [-0.05, 0) is 36.5 Å². The Bertz CT molecular complexity index is 1360. The van der Waals surface area contributed by atoms with E-state index in [2.05, 4.69) is 60.4 Å². The Labute approximate surface area is 187 Å². The number of nitrogens with one attached hydrogen (secondary N) is 2. The average Bonchev–Trinajstić information content (AvgIpc) is 3.00. The molecule has 0 bridgehead atoms. The summed E-state index contributed by atoms with van der Waals surface area (Å²) >= 11 is 0. The van der Waals surface area contributed by atoms with Crippen molar-refractivity contribution in [1.82, 2.24) is 14.8 Å². The lowest BCUT2D eigenvalue weighted by atomic mass is 9.87. The van der Waals surface area contributed by atoms with E-state index in [1.165, 1.54) is 11.6 Å². The second-order valence-electron chi connectivity index (χ2n) is 9.20. The number of hydrogen-bond acceptors (Lipinski definition) is 3. The molecule has 0 aliphatic rings. The van der Waals surface area contributed by atoms with E-state index in [0.29, 0.717) is 28.7 Å². The van der Waals surface area contributed by atoms with Crippen LogP contribution in [0.1, 0.15) is 53.6 Å². The standard InChI is InChI=1S/C26H28N4O2/c1-16-24(28-25(32)21-14-23(31)27-22-9-7-6-8-20(21)22)17(2)30(29-16)15-18-10-12-19(13-11-18)26(3,4)5/h6-14H,15H2,1-5H3,(H,27,31)(H,28,32). The largest absolute Gasteiger partial charge is 0.322 e. The van der Waals surface area contributed by atoms with Gasteiger partial charge >= 0.3 is 0 Å². The second kappa shape index (κ2) is 8.11. The number of aromatic nitrogens is 3. The van der Waals surface area contributed by atoms with Gasteiger partial charge in [-0.2, -0.15) is 5.10 Å². The van der Waals surface area contributed by atoms with Crippen LogP contribution in [-0.4, -0.2) is 20.7 Å². The van der Waals surface area contributed by atoms with Gasteiger partial charge in [0, 0.05) is 17.0 Å². The number of aryl methyl sites for hydroxylation is 1. The molecular weight excluding hydrogens is 400 g/mol. The molecule has 0 fully saturated rings. The number of anilines is 1. The van der Waals surface area contributed by atoms with Crippen LogP contribution in [0.3, 0.4) is 0 Å². The fourth-order valence-electron chi connectivity index (χ4n) is 3.89. The monoisotopic (exact) mass is 428 g/mol. The number of aromatic amines is 1. The smallest absolute Gasteiger partial charge is 0.256 e. The summed E-state index contributed by atoms with van der Waals surface area (Å²) in [4.78, 5) is 27.9. The minimum atomic E-state index is -0.326. The lowest BCUT2D eigenvalue weighted by Crippen LogP contribution is -2.17. The Kier molecular flexibility index (Phi) is 5.46. The first kappa shape index (κ1) is 21.6. The molecule has 0 aliphatic carbocycles. The quantitative estimate of drug-likeness (QED) is 0.483. The van der Waals surface area contributed by atoms with E-state index in [1.54, 1.807) is 6.07 Å². The highest BCUT2D eigenvalue weighted by molar-refractivity contribution is 6.12. The number of carbonyl (C=O) groups is 1. The third-order valence-corrected chi connectivity index (χ3v) is 5.77. The van der Waals surface area contributed by atoms with Gasteiger partial charge in [-0.3, -0.25) is 14.3 Å². The predicted octanol–water partition coefficient (Wildman–Crippen LogP) is 4.94. The van der Waals surface area contributed by atoms with Gasteiger partial charge in [0.2, 0.25) is 5.56 Å². The summed E-state index contributed by atoms with van der Waals surface area (Å²) in [6.45, 7) is 11.0. The van der Waals surface area contributed by atoms with Crippen molar-refractivity contribution in [3.05, 3.63) is 93.0 Å². The van der Waals surface area contributed by atoms with Crippen LogP contribution in [0.25, 0.3) is 10.9 Å². The molecular formula is C26H28N4O2. The van der Waals surface area contributed by atoms with Gasteiger partial charge in [0.1, 0.15) is 0 Å². The van der Waals surface area contributed by atoms with Gasteiger partial charge in [-0.15, -0.1) is 0 Å². The molecule has 4 aromatic rings. The lowest BCUT2D eigenvalue weighted by molar-refractivity contribution is 0.102. The molecule has 0 saturated heterocycles. The van der Waals surface area contributed by atoms with Crippen molar-refractivity contribution in [3.8, 4) is 0 Å². The van der Waals surface area contributed by atoms with E-state index >= 15 is 0 Å². The summed E-state index contributed by atoms with van der Waals surface area (Å²) in [6, 6.07) is 17.2. The van der Waals surface area contributed by atoms with Crippen molar-refractivity contribution in [2.75, 3.05) is 5.32 Å². The molecule has 6 nitrogen and oxygen atoms in total. The summed E-state index contributed by atoms with van der Waals surface area (Å²) in [6.07, 6.45) is 0. The van der Waals surface area contributed by atoms with Crippen LogP contribution in [0.5, 0.6) is 0 Å². The molecule has 4 rings (SSSR count). The highest BCUT2D eigenvalue weighted by atomic mass is 16.2. The molecule has 2 N–H and O–H groups in total. The van der Waals surface area contributed by atoms with Gasteiger partial charge in [0.25, 0.3) is 5.91 Å². The number of nitrogens with zero attached hydrogens (tertiary/aromatic N) is 2. The maximum Gasteiger partial charge on any atom is 0.256 e. The Hall–Kier alpha value is -3.67. The molecule has 1 amide bonds. The van der Waals surface area contributed by atoms with E-state index in [-0.39, 0.29) is 16.9 Å². The zero-order valence-electron chi connectivity index (χ0n) is 19.1. The Morgan fingerprint density at radius 1 is 1.06 bits per heavy atom. The van der Waals surface area contributed by atoms with Gasteiger partial charge in [-0.25, -0.2) is 0 Å². The van der Waals surface area contributed by atoms with E-state index in [0.717, 1.165) is 17.0 Å². The number of hydrogen-bond donors (Lipinski definition) is 2. The highest BCUT2D eigenvalue weighted by Crippen LogP contribution is 2.25. The SMILES string of the molecule is Cc1nn(Cc2ccc(C(C)(C)C)cc2)c(C)c1NC(=O)c1cc(=O)[nH]c2ccccc12. The fourth-order valence-corrected chi connectivity index (χ4v) is 3.89. The summed E-state index contributed by atoms with van der Waals surface area (Å²) < 4.78 is 1.90. The van der Waals surface area contributed by atoms with Crippen molar-refractivity contribution < 1.29 is 4.79 Å². The molecule has 2 heterocycles. The van der Waals surface area contributed by atoms with E-state index < -0.39 is 0 Å². The van der Waals surface area contributed by atoms with Crippen LogP contribution in [-0.2, 0) is 12.0 Å². The molecule has 2 aromatic carbocycles. The van der Waals surface area contributed by atoms with Gasteiger partial charge in [0.15, 0.2) is 0 Å². The molecule has 2 aromatic heterocycles. The maximum absolute atomic E-state index is 13.1. The number of fused-ring (bicyclic) bond motifs is 1. The predicted molar refractivity (Wildman–Crippen MR) is 128 cm³/mol. The summed E-state index contributed by atoms with van der Waals surface area (Å²) in [5, 5.41) is 8.31. The Balaban J connectivity index is 1.60. The highest BCUT2D eigenvalue weighted by Gasteiger charge is 2.18. The van der Waals surface area contributed by atoms with Crippen molar-refractivity contribution in [2.45, 2.75) is 46.6 Å². The molecule has 0 radical (unpaired) electrons. The minimum absolute atomic E-state index is 0.109. The first-order chi connectivity index (χ1) is 15.1. The van der Waals surface area contributed by atoms with Gasteiger partial charge < -0.3 is 10.3 Å². The average molecular weight is 429 g/mol. The van der Waals surface area contributed by atoms with Crippen LogP contribution in [0.15, 0.2) is 59.4 Å². The Morgan fingerprint density at radius 2 is 1.75 bits per heavy atom. The maximum atomic E-state index is 13.1. The number of para-hydroxylation sites is 1. The molecule has 32 heavy (non-hydrogen) atoms. The van der Waals surface area contributed by atoms with E-state index in [9.17, 15) is 9.59 Å². The van der Waals surface area contributed by atoms with Crippen LogP contribution in [0.2, 0.25) is 0 Å².